The topological polar surface area (TPSA) is 65.1 Å². The Bertz CT molecular complexity index is 228. The lowest BCUT2D eigenvalue weighted by Gasteiger charge is -2.11. The molecule has 0 saturated heterocycles. The van der Waals surface area contributed by atoms with Crippen molar-refractivity contribution >= 4 is 5.71 Å². The second-order valence-electron chi connectivity index (χ2n) is 4.06. The van der Waals surface area contributed by atoms with Gasteiger partial charge in [-0.05, 0) is 33.0 Å². The van der Waals surface area contributed by atoms with Gasteiger partial charge in [0.15, 0.2) is 0 Å². The Balaban J connectivity index is 2.19. The van der Waals surface area contributed by atoms with Crippen molar-refractivity contribution in [3.63, 3.8) is 0 Å². The summed E-state index contributed by atoms with van der Waals surface area (Å²) in [6.07, 6.45) is 4.05. The van der Waals surface area contributed by atoms with Gasteiger partial charge in [0.05, 0.1) is 5.82 Å². The van der Waals surface area contributed by atoms with Gasteiger partial charge < -0.3 is 21.4 Å². The second-order valence-corrected chi connectivity index (χ2v) is 4.06. The van der Waals surface area contributed by atoms with Crippen LogP contribution in [0.1, 0.15) is 12.8 Å². The van der Waals surface area contributed by atoms with E-state index in [1.54, 1.807) is 6.08 Å². The smallest absolute Gasteiger partial charge is 0.0978 e. The van der Waals surface area contributed by atoms with Crippen LogP contribution in [0.3, 0.4) is 0 Å². The molecule has 1 fully saturated rings. The first-order chi connectivity index (χ1) is 6.59. The maximum Gasteiger partial charge on any atom is 0.0978 e. The largest absolute Gasteiger partial charge is 0.385 e. The van der Waals surface area contributed by atoms with E-state index in [-0.39, 0.29) is 0 Å². The molecule has 0 heterocycles. The summed E-state index contributed by atoms with van der Waals surface area (Å²) >= 11 is 0. The lowest BCUT2D eigenvalue weighted by Crippen LogP contribution is -2.29. The highest BCUT2D eigenvalue weighted by molar-refractivity contribution is 5.96. The van der Waals surface area contributed by atoms with E-state index in [1.165, 1.54) is 0 Å². The number of nitrogens with two attached hydrogens (primary N) is 1. The van der Waals surface area contributed by atoms with Crippen LogP contribution >= 0.6 is 0 Å². The highest BCUT2D eigenvalue weighted by atomic mass is 15.1. The Morgan fingerprint density at radius 3 is 2.71 bits per heavy atom. The van der Waals surface area contributed by atoms with Crippen LogP contribution in [0, 0.1) is 11.3 Å². The SMILES string of the molecule is CN(C)CCN/C(N)=C\C(=N)C1CC1. The van der Waals surface area contributed by atoms with Crippen LogP contribution in [0.25, 0.3) is 0 Å². The number of nitrogens with one attached hydrogen (secondary N) is 2. The molecule has 14 heavy (non-hydrogen) atoms. The molecule has 4 nitrogen and oxygen atoms in total. The maximum atomic E-state index is 7.65. The second kappa shape index (κ2) is 5.00. The average molecular weight is 196 g/mol. The van der Waals surface area contributed by atoms with Crippen molar-refractivity contribution in [2.75, 3.05) is 27.2 Å². The Hall–Kier alpha value is -1.03. The highest BCUT2D eigenvalue weighted by Gasteiger charge is 2.24. The average Bonchev–Trinajstić information content (AvgIpc) is 2.84. The first kappa shape index (κ1) is 11.0. The van der Waals surface area contributed by atoms with Gasteiger partial charge in [-0.15, -0.1) is 0 Å². The molecule has 0 aromatic heterocycles. The van der Waals surface area contributed by atoms with Crippen LogP contribution in [0.15, 0.2) is 11.9 Å². The molecular weight excluding hydrogens is 176 g/mol. The van der Waals surface area contributed by atoms with Crippen molar-refractivity contribution in [1.82, 2.24) is 10.2 Å². The zero-order chi connectivity index (χ0) is 10.6. The molecule has 0 aromatic carbocycles. The van der Waals surface area contributed by atoms with Gasteiger partial charge in [0.25, 0.3) is 0 Å². The predicted octanol–water partition coefficient (Wildman–Crippen LogP) is 0.367. The van der Waals surface area contributed by atoms with E-state index in [1.807, 2.05) is 14.1 Å². The predicted molar refractivity (Wildman–Crippen MR) is 59.3 cm³/mol. The fourth-order valence-electron chi connectivity index (χ4n) is 1.15. The van der Waals surface area contributed by atoms with Crippen LogP contribution in [0.2, 0.25) is 0 Å². The number of hydrogen-bond acceptors (Lipinski definition) is 4. The van der Waals surface area contributed by atoms with Crippen LogP contribution in [-0.4, -0.2) is 37.8 Å². The summed E-state index contributed by atoms with van der Waals surface area (Å²) in [7, 11) is 4.04. The lowest BCUT2D eigenvalue weighted by molar-refractivity contribution is 0.407. The summed E-state index contributed by atoms with van der Waals surface area (Å²) in [5.41, 5.74) is 6.38. The molecular formula is C10H20N4. The minimum Gasteiger partial charge on any atom is -0.385 e. The van der Waals surface area contributed by atoms with Gasteiger partial charge in [-0.2, -0.15) is 0 Å². The standard InChI is InChI=1S/C10H20N4/c1-14(2)6-5-13-10(12)7-9(11)8-3-4-8/h7-8,11,13H,3-6,12H2,1-2H3/b10-7-,11-9?. The van der Waals surface area contributed by atoms with E-state index in [4.69, 9.17) is 11.1 Å². The first-order valence-corrected chi connectivity index (χ1v) is 5.04. The molecule has 4 N–H and O–H groups in total. The molecule has 0 spiro atoms. The normalized spacial score (nSPS) is 17.2. The van der Waals surface area contributed by atoms with E-state index >= 15 is 0 Å². The molecule has 0 aromatic rings. The number of allylic oxidation sites excluding steroid dienone is 1. The monoisotopic (exact) mass is 196 g/mol. The quantitative estimate of drug-likeness (QED) is 0.538. The van der Waals surface area contributed by atoms with Gasteiger partial charge in [0.2, 0.25) is 0 Å². The Morgan fingerprint density at radius 1 is 1.57 bits per heavy atom. The molecule has 4 heteroatoms. The number of likely N-dealkylation sites (N-methyl/N-ethyl adjacent to an activating group) is 1. The van der Waals surface area contributed by atoms with Gasteiger partial charge >= 0.3 is 0 Å². The van der Waals surface area contributed by atoms with E-state index in [0.717, 1.165) is 25.9 Å². The van der Waals surface area contributed by atoms with Crippen LogP contribution in [-0.2, 0) is 0 Å². The minimum atomic E-state index is 0.476. The van der Waals surface area contributed by atoms with Gasteiger partial charge in [-0.3, -0.25) is 0 Å². The van der Waals surface area contributed by atoms with Crippen molar-refractivity contribution in [1.29, 1.82) is 5.41 Å². The lowest BCUT2D eigenvalue weighted by atomic mass is 10.2. The third-order valence-electron chi connectivity index (χ3n) is 2.22. The van der Waals surface area contributed by atoms with E-state index in [0.29, 0.717) is 17.5 Å². The van der Waals surface area contributed by atoms with Crippen molar-refractivity contribution in [2.45, 2.75) is 12.8 Å². The van der Waals surface area contributed by atoms with Crippen LogP contribution in [0.4, 0.5) is 0 Å². The van der Waals surface area contributed by atoms with Gasteiger partial charge in [-0.25, -0.2) is 0 Å². The van der Waals surface area contributed by atoms with Gasteiger partial charge in [-0.1, -0.05) is 0 Å². The van der Waals surface area contributed by atoms with Crippen molar-refractivity contribution in [3.05, 3.63) is 11.9 Å². The summed E-state index contributed by atoms with van der Waals surface area (Å²) in [5.74, 6) is 1.09. The Morgan fingerprint density at radius 2 is 2.21 bits per heavy atom. The van der Waals surface area contributed by atoms with Crippen molar-refractivity contribution in [2.24, 2.45) is 11.7 Å². The summed E-state index contributed by atoms with van der Waals surface area (Å²) in [6, 6.07) is 0. The Labute approximate surface area is 85.7 Å². The Kier molecular flexibility index (Phi) is 3.95. The van der Waals surface area contributed by atoms with Crippen LogP contribution < -0.4 is 11.1 Å². The molecule has 1 rings (SSSR count). The molecule has 0 radical (unpaired) electrons. The number of rotatable bonds is 6. The summed E-state index contributed by atoms with van der Waals surface area (Å²) in [5, 5.41) is 10.7. The van der Waals surface area contributed by atoms with E-state index in [9.17, 15) is 0 Å². The molecule has 0 aliphatic heterocycles. The molecule has 0 atom stereocenters. The molecule has 1 aliphatic carbocycles. The zero-order valence-electron chi connectivity index (χ0n) is 9.01. The third-order valence-corrected chi connectivity index (χ3v) is 2.22. The molecule has 0 amide bonds. The molecule has 0 unspecified atom stereocenters. The summed E-state index contributed by atoms with van der Waals surface area (Å²) in [4.78, 5) is 2.09. The number of nitrogens with zero attached hydrogens (tertiary/aromatic N) is 1. The van der Waals surface area contributed by atoms with E-state index in [2.05, 4.69) is 10.2 Å². The van der Waals surface area contributed by atoms with Gasteiger partial charge in [0, 0.05) is 24.7 Å². The summed E-state index contributed by atoms with van der Waals surface area (Å²) in [6.45, 7) is 1.78. The molecule has 0 bridgehead atoms. The fraction of sp³-hybridized carbons (Fsp3) is 0.700. The van der Waals surface area contributed by atoms with Crippen LogP contribution in [0.5, 0.6) is 0 Å². The minimum absolute atomic E-state index is 0.476. The van der Waals surface area contributed by atoms with Crippen molar-refractivity contribution in [3.8, 4) is 0 Å². The highest BCUT2D eigenvalue weighted by Crippen LogP contribution is 2.30. The fourth-order valence-corrected chi connectivity index (χ4v) is 1.15. The van der Waals surface area contributed by atoms with Gasteiger partial charge in [0.1, 0.15) is 0 Å². The number of hydrogen-bond donors (Lipinski definition) is 3. The molecule has 80 valence electrons. The molecule has 1 saturated carbocycles. The third kappa shape index (κ3) is 4.28. The summed E-state index contributed by atoms with van der Waals surface area (Å²) < 4.78 is 0. The first-order valence-electron chi connectivity index (χ1n) is 5.04. The van der Waals surface area contributed by atoms with E-state index < -0.39 is 0 Å². The zero-order valence-corrected chi connectivity index (χ0v) is 9.01. The maximum absolute atomic E-state index is 7.65. The molecule has 1 aliphatic rings. The van der Waals surface area contributed by atoms with Crippen molar-refractivity contribution < 1.29 is 0 Å².